The highest BCUT2D eigenvalue weighted by Gasteiger charge is 2.17. The second-order valence-electron chi connectivity index (χ2n) is 8.07. The summed E-state index contributed by atoms with van der Waals surface area (Å²) in [6.07, 6.45) is 0. The Hall–Kier alpha value is -3.95. The van der Waals surface area contributed by atoms with Crippen molar-refractivity contribution in [2.24, 2.45) is 0 Å². The zero-order chi connectivity index (χ0) is 21.1. The molecule has 0 saturated heterocycles. The zero-order valence-corrected chi connectivity index (χ0v) is 18.0. The maximum absolute atomic E-state index is 4.93. The van der Waals surface area contributed by atoms with Gasteiger partial charge < -0.3 is 4.57 Å². The predicted octanol–water partition coefficient (Wildman–Crippen LogP) is 8.21. The molecule has 0 aliphatic carbocycles. The van der Waals surface area contributed by atoms with Gasteiger partial charge in [-0.25, -0.2) is 4.98 Å². The van der Waals surface area contributed by atoms with Crippen LogP contribution in [0.5, 0.6) is 0 Å². The van der Waals surface area contributed by atoms with Crippen LogP contribution in [0, 0.1) is 0 Å². The number of rotatable bonds is 2. The summed E-state index contributed by atoms with van der Waals surface area (Å²) in [5.74, 6) is 0. The minimum Gasteiger partial charge on any atom is -0.308 e. The molecule has 3 aromatic heterocycles. The Morgan fingerprint density at radius 2 is 1.47 bits per heavy atom. The van der Waals surface area contributed by atoms with Gasteiger partial charge in [0.15, 0.2) is 0 Å². The van der Waals surface area contributed by atoms with Crippen molar-refractivity contribution in [2.75, 3.05) is 0 Å². The van der Waals surface area contributed by atoms with E-state index in [-0.39, 0.29) is 0 Å². The molecule has 0 aliphatic heterocycles. The molecule has 0 bridgehead atoms. The predicted molar refractivity (Wildman–Crippen MR) is 137 cm³/mol. The van der Waals surface area contributed by atoms with E-state index in [1.165, 1.54) is 31.2 Å². The van der Waals surface area contributed by atoms with E-state index in [1.54, 1.807) is 0 Å². The average Bonchev–Trinajstić information content (AvgIpc) is 3.39. The summed E-state index contributed by atoms with van der Waals surface area (Å²) in [7, 11) is 0. The maximum atomic E-state index is 4.93. The smallest absolute Gasteiger partial charge is 0.0727 e. The van der Waals surface area contributed by atoms with E-state index in [0.29, 0.717) is 0 Å². The topological polar surface area (TPSA) is 17.8 Å². The lowest BCUT2D eigenvalue weighted by Crippen LogP contribution is -1.94. The fraction of sp³-hybridized carbons (Fsp3) is 0. The van der Waals surface area contributed by atoms with E-state index in [2.05, 4.69) is 108 Å². The number of benzene rings is 4. The van der Waals surface area contributed by atoms with Gasteiger partial charge >= 0.3 is 0 Å². The van der Waals surface area contributed by atoms with Crippen LogP contribution in [-0.4, -0.2) is 9.55 Å². The maximum Gasteiger partial charge on any atom is 0.0727 e. The quantitative estimate of drug-likeness (QED) is 0.272. The Bertz CT molecular complexity index is 1780. The third kappa shape index (κ3) is 2.55. The van der Waals surface area contributed by atoms with Crippen LogP contribution in [-0.2, 0) is 0 Å². The van der Waals surface area contributed by atoms with Crippen molar-refractivity contribution >= 4 is 53.4 Å². The lowest BCUT2D eigenvalue weighted by atomic mass is 10.1. The van der Waals surface area contributed by atoms with Crippen LogP contribution < -0.4 is 0 Å². The molecule has 0 aliphatic rings. The van der Waals surface area contributed by atoms with Gasteiger partial charge in [0.2, 0.25) is 0 Å². The highest BCUT2D eigenvalue weighted by Crippen LogP contribution is 2.42. The van der Waals surface area contributed by atoms with Crippen LogP contribution in [0.2, 0.25) is 0 Å². The highest BCUT2D eigenvalue weighted by molar-refractivity contribution is 7.26. The Morgan fingerprint density at radius 1 is 0.656 bits per heavy atom. The molecule has 3 heterocycles. The molecule has 150 valence electrons. The first-order chi connectivity index (χ1) is 15.9. The molecule has 0 amide bonds. The van der Waals surface area contributed by atoms with Gasteiger partial charge in [-0.2, -0.15) is 0 Å². The SMILES string of the molecule is c1cc(-c2ccc3ccccc3n2)cc(-n2c3ccccc3c3sc4ccccc4c32)c1. The molecule has 0 unspecified atom stereocenters. The Kier molecular flexibility index (Phi) is 3.75. The van der Waals surface area contributed by atoms with Crippen molar-refractivity contribution in [1.82, 2.24) is 9.55 Å². The second-order valence-corrected chi connectivity index (χ2v) is 9.12. The molecule has 0 atom stereocenters. The van der Waals surface area contributed by atoms with Crippen molar-refractivity contribution in [1.29, 1.82) is 0 Å². The van der Waals surface area contributed by atoms with Crippen LogP contribution in [0.25, 0.3) is 59.1 Å². The van der Waals surface area contributed by atoms with Gasteiger partial charge in [-0.05, 0) is 36.4 Å². The Balaban J connectivity index is 1.51. The molecular formula is C29H18N2S. The first-order valence-corrected chi connectivity index (χ1v) is 11.6. The van der Waals surface area contributed by atoms with Gasteiger partial charge in [0.25, 0.3) is 0 Å². The first-order valence-electron chi connectivity index (χ1n) is 10.7. The van der Waals surface area contributed by atoms with E-state index in [0.717, 1.165) is 27.8 Å². The van der Waals surface area contributed by atoms with Gasteiger partial charge in [0.1, 0.15) is 0 Å². The molecule has 32 heavy (non-hydrogen) atoms. The highest BCUT2D eigenvalue weighted by atomic mass is 32.1. The fourth-order valence-electron chi connectivity index (χ4n) is 4.72. The number of hydrogen-bond acceptors (Lipinski definition) is 2. The molecule has 0 fully saturated rings. The molecule has 0 N–H and O–H groups in total. The summed E-state index contributed by atoms with van der Waals surface area (Å²) in [4.78, 5) is 4.93. The van der Waals surface area contributed by atoms with E-state index < -0.39 is 0 Å². The van der Waals surface area contributed by atoms with Crippen LogP contribution in [0.3, 0.4) is 0 Å². The zero-order valence-electron chi connectivity index (χ0n) is 17.2. The molecule has 2 nitrogen and oxygen atoms in total. The third-order valence-electron chi connectivity index (χ3n) is 6.18. The van der Waals surface area contributed by atoms with E-state index in [1.807, 2.05) is 17.4 Å². The summed E-state index contributed by atoms with van der Waals surface area (Å²) in [5, 5.41) is 3.77. The number of para-hydroxylation sites is 2. The second kappa shape index (κ2) is 6.78. The Morgan fingerprint density at radius 3 is 2.44 bits per heavy atom. The monoisotopic (exact) mass is 426 g/mol. The standard InChI is InChI=1S/C29H18N2S/c1-4-13-24-19(8-1)16-17-25(30-24)20-9-7-10-21(18-20)31-26-14-5-2-11-22(26)29-28(31)23-12-3-6-15-27(23)32-29/h1-18H. The molecule has 7 aromatic rings. The summed E-state index contributed by atoms with van der Waals surface area (Å²) >= 11 is 1.88. The first kappa shape index (κ1) is 17.7. The van der Waals surface area contributed by atoms with Gasteiger partial charge in [-0.3, -0.25) is 0 Å². The van der Waals surface area contributed by atoms with Crippen LogP contribution >= 0.6 is 11.3 Å². The van der Waals surface area contributed by atoms with Crippen molar-refractivity contribution in [3.63, 3.8) is 0 Å². The molecule has 0 spiro atoms. The van der Waals surface area contributed by atoms with E-state index >= 15 is 0 Å². The third-order valence-corrected chi connectivity index (χ3v) is 7.37. The summed E-state index contributed by atoms with van der Waals surface area (Å²) in [6.45, 7) is 0. The van der Waals surface area contributed by atoms with Crippen molar-refractivity contribution in [3.8, 4) is 16.9 Å². The van der Waals surface area contributed by atoms with Gasteiger partial charge in [-0.1, -0.05) is 72.8 Å². The molecule has 4 aromatic carbocycles. The molecule has 7 rings (SSSR count). The average molecular weight is 427 g/mol. The van der Waals surface area contributed by atoms with Crippen LogP contribution in [0.1, 0.15) is 0 Å². The lowest BCUT2D eigenvalue weighted by molar-refractivity contribution is 1.19. The molecule has 3 heteroatoms. The summed E-state index contributed by atoms with van der Waals surface area (Å²) in [5.41, 5.74) is 6.82. The number of nitrogens with zero attached hydrogens (tertiary/aromatic N) is 2. The molecule has 0 saturated carbocycles. The molecule has 0 radical (unpaired) electrons. The largest absolute Gasteiger partial charge is 0.308 e. The normalized spacial score (nSPS) is 11.8. The summed E-state index contributed by atoms with van der Waals surface area (Å²) < 4.78 is 5.08. The van der Waals surface area contributed by atoms with Crippen molar-refractivity contribution < 1.29 is 0 Å². The number of thiophene rings is 1. The van der Waals surface area contributed by atoms with E-state index in [4.69, 9.17) is 4.98 Å². The summed E-state index contributed by atoms with van der Waals surface area (Å²) in [6, 6.07) is 38.7. The molecular weight excluding hydrogens is 408 g/mol. The number of aromatic nitrogens is 2. The number of fused-ring (bicyclic) bond motifs is 6. The minimum atomic E-state index is 0.994. The van der Waals surface area contributed by atoms with Gasteiger partial charge in [-0.15, -0.1) is 11.3 Å². The van der Waals surface area contributed by atoms with Gasteiger partial charge in [0.05, 0.1) is 26.9 Å². The number of hydrogen-bond donors (Lipinski definition) is 0. The van der Waals surface area contributed by atoms with Crippen molar-refractivity contribution in [3.05, 3.63) is 109 Å². The van der Waals surface area contributed by atoms with Crippen LogP contribution in [0.4, 0.5) is 0 Å². The number of pyridine rings is 1. The van der Waals surface area contributed by atoms with E-state index in [9.17, 15) is 0 Å². The van der Waals surface area contributed by atoms with Crippen molar-refractivity contribution in [2.45, 2.75) is 0 Å². The Labute approximate surface area is 189 Å². The minimum absolute atomic E-state index is 0.994. The fourth-order valence-corrected chi connectivity index (χ4v) is 5.94. The van der Waals surface area contributed by atoms with Crippen LogP contribution in [0.15, 0.2) is 109 Å². The lowest BCUT2D eigenvalue weighted by Gasteiger charge is -2.10. The van der Waals surface area contributed by atoms with Gasteiger partial charge in [0, 0.05) is 32.1 Å².